The maximum absolute atomic E-state index is 12.9. The molecule has 1 heterocycles. The van der Waals surface area contributed by atoms with E-state index in [2.05, 4.69) is 5.32 Å². The molecule has 27 heavy (non-hydrogen) atoms. The molecule has 1 aliphatic rings. The third-order valence-corrected chi connectivity index (χ3v) is 4.75. The first-order valence-electron chi connectivity index (χ1n) is 8.47. The second kappa shape index (κ2) is 7.11. The summed E-state index contributed by atoms with van der Waals surface area (Å²) in [5.41, 5.74) is 0.0788. The Morgan fingerprint density at radius 1 is 1.11 bits per heavy atom. The van der Waals surface area contributed by atoms with E-state index in [0.29, 0.717) is 17.0 Å². The molecule has 0 spiro atoms. The highest BCUT2D eigenvalue weighted by Gasteiger charge is 2.49. The van der Waals surface area contributed by atoms with Crippen LogP contribution in [0.25, 0.3) is 0 Å². The van der Waals surface area contributed by atoms with Gasteiger partial charge in [0, 0.05) is 12.7 Å². The lowest BCUT2D eigenvalue weighted by molar-refractivity contribution is -0.134. The fourth-order valence-corrected chi connectivity index (χ4v) is 3.00. The third-order valence-electron chi connectivity index (χ3n) is 4.75. The van der Waals surface area contributed by atoms with Crippen molar-refractivity contribution in [2.45, 2.75) is 12.5 Å². The number of ether oxygens (including phenoxy) is 1. The molecule has 1 N–H and O–H groups in total. The molecule has 4 amide bonds. The van der Waals surface area contributed by atoms with Crippen LogP contribution in [0.1, 0.15) is 12.5 Å². The van der Waals surface area contributed by atoms with Crippen LogP contribution in [0, 0.1) is 0 Å². The van der Waals surface area contributed by atoms with Gasteiger partial charge in [-0.1, -0.05) is 30.3 Å². The molecular formula is C20H21N3O4. The summed E-state index contributed by atoms with van der Waals surface area (Å²) in [5, 5.41) is 2.69. The molecule has 0 radical (unpaired) electrons. The number of hydrogen-bond donors (Lipinski definition) is 1. The molecular weight excluding hydrogens is 346 g/mol. The van der Waals surface area contributed by atoms with E-state index < -0.39 is 17.5 Å². The number of imide groups is 1. The Morgan fingerprint density at radius 2 is 1.74 bits per heavy atom. The highest BCUT2D eigenvalue weighted by molar-refractivity contribution is 6.10. The number of nitrogens with one attached hydrogen (secondary N) is 1. The third kappa shape index (κ3) is 3.36. The molecule has 1 aliphatic heterocycles. The number of amides is 4. The topological polar surface area (TPSA) is 79.0 Å². The molecule has 1 atom stereocenters. The van der Waals surface area contributed by atoms with Gasteiger partial charge in [-0.15, -0.1) is 0 Å². The number of methoxy groups -OCH3 is 1. The first-order chi connectivity index (χ1) is 12.9. The van der Waals surface area contributed by atoms with Crippen LogP contribution in [0.3, 0.4) is 0 Å². The minimum absolute atomic E-state index is 0.332. The van der Waals surface area contributed by atoms with Crippen LogP contribution in [0.2, 0.25) is 0 Å². The van der Waals surface area contributed by atoms with Crippen LogP contribution < -0.4 is 15.0 Å². The standard InChI is InChI=1S/C20H21N3O4/c1-20(14-9-11-16(27-3)12-10-14)18(25)23(19(26)21-20)13-17(24)22(2)15-7-5-4-6-8-15/h4-12H,13H2,1-3H3,(H,21,26). The number of urea groups is 1. The van der Waals surface area contributed by atoms with Gasteiger partial charge in [0.15, 0.2) is 0 Å². The predicted octanol–water partition coefficient (Wildman–Crippen LogP) is 2.13. The normalized spacial score (nSPS) is 19.0. The van der Waals surface area contributed by atoms with Crippen LogP contribution in [-0.4, -0.2) is 43.4 Å². The lowest BCUT2D eigenvalue weighted by atomic mass is 9.92. The van der Waals surface area contributed by atoms with Crippen LogP contribution in [0.5, 0.6) is 5.75 Å². The number of carbonyl (C=O) groups excluding carboxylic acids is 3. The van der Waals surface area contributed by atoms with Crippen molar-refractivity contribution in [3.63, 3.8) is 0 Å². The highest BCUT2D eigenvalue weighted by Crippen LogP contribution is 2.30. The van der Waals surface area contributed by atoms with Crippen LogP contribution in [0.4, 0.5) is 10.5 Å². The van der Waals surface area contributed by atoms with Crippen LogP contribution in [0.15, 0.2) is 54.6 Å². The average molecular weight is 367 g/mol. The lowest BCUT2D eigenvalue weighted by Gasteiger charge is -2.23. The largest absolute Gasteiger partial charge is 0.497 e. The highest BCUT2D eigenvalue weighted by atomic mass is 16.5. The summed E-state index contributed by atoms with van der Waals surface area (Å²) in [4.78, 5) is 40.2. The van der Waals surface area contributed by atoms with Crippen molar-refractivity contribution in [2.24, 2.45) is 0 Å². The maximum atomic E-state index is 12.9. The fraction of sp³-hybridized carbons (Fsp3) is 0.250. The molecule has 0 aliphatic carbocycles. The quantitative estimate of drug-likeness (QED) is 0.821. The van der Waals surface area contributed by atoms with Crippen molar-refractivity contribution >= 4 is 23.5 Å². The Labute approximate surface area is 157 Å². The van der Waals surface area contributed by atoms with E-state index in [1.165, 1.54) is 4.90 Å². The summed E-state index contributed by atoms with van der Waals surface area (Å²) in [5.74, 6) is -0.174. The molecule has 0 aromatic heterocycles. The number of rotatable bonds is 5. The summed E-state index contributed by atoms with van der Waals surface area (Å²) in [6.07, 6.45) is 0. The number of carbonyl (C=O) groups is 3. The number of hydrogen-bond acceptors (Lipinski definition) is 4. The van der Waals surface area contributed by atoms with Gasteiger partial charge in [0.2, 0.25) is 5.91 Å². The number of benzene rings is 2. The SMILES string of the molecule is COc1ccc(C2(C)NC(=O)N(CC(=O)N(C)c3ccccc3)C2=O)cc1. The van der Waals surface area contributed by atoms with Gasteiger partial charge in [-0.3, -0.25) is 14.5 Å². The second-order valence-corrected chi connectivity index (χ2v) is 6.46. The zero-order valence-electron chi connectivity index (χ0n) is 15.4. The van der Waals surface area contributed by atoms with E-state index in [-0.39, 0.29) is 12.5 Å². The van der Waals surface area contributed by atoms with E-state index in [1.54, 1.807) is 57.5 Å². The molecule has 1 unspecified atom stereocenters. The van der Waals surface area contributed by atoms with E-state index in [1.807, 2.05) is 18.2 Å². The summed E-state index contributed by atoms with van der Waals surface area (Å²) in [7, 11) is 3.16. The molecule has 7 nitrogen and oxygen atoms in total. The van der Waals surface area contributed by atoms with Gasteiger partial charge in [0.1, 0.15) is 17.8 Å². The second-order valence-electron chi connectivity index (χ2n) is 6.46. The first-order valence-corrected chi connectivity index (χ1v) is 8.47. The monoisotopic (exact) mass is 367 g/mol. The van der Waals surface area contributed by atoms with Gasteiger partial charge >= 0.3 is 6.03 Å². The summed E-state index contributed by atoms with van der Waals surface area (Å²) in [6.45, 7) is 1.29. The molecule has 1 fully saturated rings. The van der Waals surface area contributed by atoms with Gasteiger partial charge in [0.05, 0.1) is 7.11 Å². The molecule has 7 heteroatoms. The van der Waals surface area contributed by atoms with Crippen molar-refractivity contribution < 1.29 is 19.1 Å². The van der Waals surface area contributed by atoms with Gasteiger partial charge in [-0.25, -0.2) is 4.79 Å². The Kier molecular flexibility index (Phi) is 4.85. The fourth-order valence-electron chi connectivity index (χ4n) is 3.00. The van der Waals surface area contributed by atoms with E-state index in [0.717, 1.165) is 4.90 Å². The van der Waals surface area contributed by atoms with Gasteiger partial charge in [0.25, 0.3) is 5.91 Å². The van der Waals surface area contributed by atoms with Crippen molar-refractivity contribution in [3.05, 3.63) is 60.2 Å². The maximum Gasteiger partial charge on any atom is 0.325 e. The number of para-hydroxylation sites is 1. The first kappa shape index (κ1) is 18.4. The minimum Gasteiger partial charge on any atom is -0.497 e. The lowest BCUT2D eigenvalue weighted by Crippen LogP contribution is -2.43. The van der Waals surface area contributed by atoms with Crippen molar-refractivity contribution in [3.8, 4) is 5.75 Å². The molecule has 2 aromatic rings. The Morgan fingerprint density at radius 3 is 2.33 bits per heavy atom. The van der Waals surface area contributed by atoms with E-state index >= 15 is 0 Å². The average Bonchev–Trinajstić information content (AvgIpc) is 2.92. The molecule has 140 valence electrons. The number of nitrogens with zero attached hydrogens (tertiary/aromatic N) is 2. The summed E-state index contributed by atoms with van der Waals surface area (Å²) in [6, 6.07) is 15.3. The van der Waals surface area contributed by atoms with Crippen LogP contribution >= 0.6 is 0 Å². The number of likely N-dealkylation sites (N-methyl/N-ethyl adjacent to an activating group) is 1. The Bertz CT molecular complexity index is 867. The number of anilines is 1. The molecule has 1 saturated heterocycles. The summed E-state index contributed by atoms with van der Waals surface area (Å²) < 4.78 is 5.12. The van der Waals surface area contributed by atoms with Crippen molar-refractivity contribution in [1.29, 1.82) is 0 Å². The van der Waals surface area contributed by atoms with Gasteiger partial charge in [-0.05, 0) is 36.8 Å². The van der Waals surface area contributed by atoms with Crippen LogP contribution in [-0.2, 0) is 15.1 Å². The summed E-state index contributed by atoms with van der Waals surface area (Å²) >= 11 is 0. The molecule has 2 aromatic carbocycles. The van der Waals surface area contributed by atoms with E-state index in [9.17, 15) is 14.4 Å². The van der Waals surface area contributed by atoms with Crippen molar-refractivity contribution in [2.75, 3.05) is 25.6 Å². The Balaban J connectivity index is 1.78. The smallest absolute Gasteiger partial charge is 0.325 e. The molecule has 3 rings (SSSR count). The van der Waals surface area contributed by atoms with E-state index in [4.69, 9.17) is 4.74 Å². The zero-order chi connectivity index (χ0) is 19.6. The van der Waals surface area contributed by atoms with Gasteiger partial charge in [-0.2, -0.15) is 0 Å². The van der Waals surface area contributed by atoms with Crippen molar-refractivity contribution in [1.82, 2.24) is 10.2 Å². The van der Waals surface area contributed by atoms with Gasteiger partial charge < -0.3 is 15.0 Å². The Hall–Kier alpha value is -3.35. The molecule has 0 bridgehead atoms. The predicted molar refractivity (Wildman–Crippen MR) is 100 cm³/mol. The minimum atomic E-state index is -1.23. The molecule has 0 saturated carbocycles. The zero-order valence-corrected chi connectivity index (χ0v) is 15.4.